The van der Waals surface area contributed by atoms with Crippen LogP contribution in [0.25, 0.3) is 0 Å². The summed E-state index contributed by atoms with van der Waals surface area (Å²) in [6.07, 6.45) is 2.69. The van der Waals surface area contributed by atoms with E-state index in [-0.39, 0.29) is 0 Å². The van der Waals surface area contributed by atoms with Crippen LogP contribution in [0.5, 0.6) is 5.75 Å². The highest BCUT2D eigenvalue weighted by atomic mass is 16.5. The number of nitrogen functional groups attached to an aromatic ring is 1. The average Bonchev–Trinajstić information content (AvgIpc) is 2.99. The van der Waals surface area contributed by atoms with Gasteiger partial charge in [0, 0.05) is 24.8 Å². The van der Waals surface area contributed by atoms with Crippen molar-refractivity contribution in [2.24, 2.45) is 5.41 Å². The summed E-state index contributed by atoms with van der Waals surface area (Å²) in [7, 11) is 1.65. The third kappa shape index (κ3) is 2.67. The lowest BCUT2D eigenvalue weighted by atomic mass is 10.1. The van der Waals surface area contributed by atoms with Crippen molar-refractivity contribution in [1.29, 1.82) is 0 Å². The molecule has 1 aliphatic carbocycles. The quantitative estimate of drug-likeness (QED) is 0.748. The van der Waals surface area contributed by atoms with Gasteiger partial charge in [-0.2, -0.15) is 0 Å². The van der Waals surface area contributed by atoms with Crippen molar-refractivity contribution in [1.82, 2.24) is 5.32 Å². The number of rotatable bonds is 5. The van der Waals surface area contributed by atoms with Crippen molar-refractivity contribution in [2.45, 2.75) is 26.3 Å². The minimum Gasteiger partial charge on any atom is -0.497 e. The van der Waals surface area contributed by atoms with E-state index < -0.39 is 0 Å². The van der Waals surface area contributed by atoms with Gasteiger partial charge < -0.3 is 15.8 Å². The Kier molecular flexibility index (Phi) is 3.06. The number of methoxy groups -OCH3 is 1. The van der Waals surface area contributed by atoms with E-state index in [9.17, 15) is 0 Å². The maximum atomic E-state index is 5.94. The first-order chi connectivity index (χ1) is 7.63. The van der Waals surface area contributed by atoms with E-state index in [1.165, 1.54) is 12.8 Å². The normalized spacial score (nSPS) is 17.1. The van der Waals surface area contributed by atoms with Crippen LogP contribution in [-0.2, 0) is 6.54 Å². The molecule has 1 aromatic carbocycles. The Balaban J connectivity index is 1.88. The van der Waals surface area contributed by atoms with Crippen molar-refractivity contribution in [2.75, 3.05) is 19.4 Å². The second-order valence-corrected chi connectivity index (χ2v) is 4.98. The summed E-state index contributed by atoms with van der Waals surface area (Å²) in [6, 6.07) is 5.85. The van der Waals surface area contributed by atoms with Crippen LogP contribution >= 0.6 is 0 Å². The second kappa shape index (κ2) is 4.34. The largest absolute Gasteiger partial charge is 0.497 e. The van der Waals surface area contributed by atoms with Gasteiger partial charge in [0.1, 0.15) is 5.75 Å². The molecule has 3 nitrogen and oxygen atoms in total. The van der Waals surface area contributed by atoms with E-state index in [0.29, 0.717) is 5.41 Å². The number of hydrogen-bond donors (Lipinski definition) is 2. The molecule has 1 aliphatic rings. The van der Waals surface area contributed by atoms with Gasteiger partial charge in [0.05, 0.1) is 7.11 Å². The summed E-state index contributed by atoms with van der Waals surface area (Å²) in [5.41, 5.74) is 8.43. The first kappa shape index (κ1) is 11.3. The monoisotopic (exact) mass is 220 g/mol. The summed E-state index contributed by atoms with van der Waals surface area (Å²) in [5.74, 6) is 0.815. The van der Waals surface area contributed by atoms with Crippen LogP contribution in [0.3, 0.4) is 0 Å². The van der Waals surface area contributed by atoms with E-state index >= 15 is 0 Å². The highest BCUT2D eigenvalue weighted by Crippen LogP contribution is 2.44. The van der Waals surface area contributed by atoms with Crippen molar-refractivity contribution in [3.8, 4) is 5.75 Å². The molecule has 1 saturated carbocycles. The van der Waals surface area contributed by atoms with E-state index in [1.54, 1.807) is 7.11 Å². The molecule has 2 rings (SSSR count). The molecule has 0 heterocycles. The van der Waals surface area contributed by atoms with Crippen LogP contribution in [0.4, 0.5) is 5.69 Å². The summed E-state index contributed by atoms with van der Waals surface area (Å²) in [4.78, 5) is 0. The molecule has 0 aliphatic heterocycles. The van der Waals surface area contributed by atoms with Crippen molar-refractivity contribution < 1.29 is 4.74 Å². The fraction of sp³-hybridized carbons (Fsp3) is 0.538. The first-order valence-electron chi connectivity index (χ1n) is 5.76. The lowest BCUT2D eigenvalue weighted by Crippen LogP contribution is -2.22. The molecule has 0 unspecified atom stereocenters. The molecular weight excluding hydrogens is 200 g/mol. The van der Waals surface area contributed by atoms with Gasteiger partial charge in [-0.1, -0.05) is 13.0 Å². The minimum atomic E-state index is 0.543. The SMILES string of the molecule is COc1ccc(CNCC2(C)CC2)c(N)c1. The standard InChI is InChI=1S/C13H20N2O/c1-13(5-6-13)9-15-8-10-3-4-11(16-2)7-12(10)14/h3-4,7,15H,5-6,8-9,14H2,1-2H3. The average molecular weight is 220 g/mol. The van der Waals surface area contributed by atoms with Gasteiger partial charge in [0.2, 0.25) is 0 Å². The van der Waals surface area contributed by atoms with Crippen molar-refractivity contribution in [3.63, 3.8) is 0 Å². The molecule has 3 heteroatoms. The molecule has 0 atom stereocenters. The van der Waals surface area contributed by atoms with Crippen LogP contribution in [0.15, 0.2) is 18.2 Å². The van der Waals surface area contributed by atoms with Crippen molar-refractivity contribution >= 4 is 5.69 Å². The van der Waals surface area contributed by atoms with Crippen LogP contribution in [0.2, 0.25) is 0 Å². The van der Waals surface area contributed by atoms with Gasteiger partial charge >= 0.3 is 0 Å². The summed E-state index contributed by atoms with van der Waals surface area (Å²) in [6.45, 7) is 4.24. The fourth-order valence-electron chi connectivity index (χ4n) is 1.75. The summed E-state index contributed by atoms with van der Waals surface area (Å²) in [5, 5.41) is 3.46. The third-order valence-corrected chi connectivity index (χ3v) is 3.32. The number of ether oxygens (including phenoxy) is 1. The van der Waals surface area contributed by atoms with Crippen LogP contribution in [-0.4, -0.2) is 13.7 Å². The zero-order chi connectivity index (χ0) is 11.6. The minimum absolute atomic E-state index is 0.543. The van der Waals surface area contributed by atoms with Crippen molar-refractivity contribution in [3.05, 3.63) is 23.8 Å². The number of nitrogens with two attached hydrogens (primary N) is 1. The van der Waals surface area contributed by atoms with E-state index in [4.69, 9.17) is 10.5 Å². The molecule has 1 fully saturated rings. The molecule has 88 valence electrons. The van der Waals surface area contributed by atoms with Gasteiger partial charge in [0.15, 0.2) is 0 Å². The summed E-state index contributed by atoms with van der Waals surface area (Å²) < 4.78 is 5.12. The zero-order valence-corrected chi connectivity index (χ0v) is 10.0. The number of hydrogen-bond acceptors (Lipinski definition) is 3. The molecule has 0 aromatic heterocycles. The Bertz CT molecular complexity index is 372. The molecule has 0 spiro atoms. The Morgan fingerprint density at radius 1 is 1.44 bits per heavy atom. The van der Waals surface area contributed by atoms with E-state index in [1.807, 2.05) is 18.2 Å². The predicted molar refractivity (Wildman–Crippen MR) is 66.5 cm³/mol. The maximum absolute atomic E-state index is 5.94. The van der Waals surface area contributed by atoms with Gasteiger partial charge in [-0.25, -0.2) is 0 Å². The van der Waals surface area contributed by atoms with Crippen LogP contribution in [0, 0.1) is 5.41 Å². The van der Waals surface area contributed by atoms with E-state index in [0.717, 1.165) is 30.1 Å². The molecule has 0 amide bonds. The van der Waals surface area contributed by atoms with E-state index in [2.05, 4.69) is 12.2 Å². The van der Waals surface area contributed by atoms with Crippen LogP contribution in [0.1, 0.15) is 25.3 Å². The molecule has 16 heavy (non-hydrogen) atoms. The Morgan fingerprint density at radius 2 is 2.19 bits per heavy atom. The van der Waals surface area contributed by atoms with Gasteiger partial charge in [-0.15, -0.1) is 0 Å². The second-order valence-electron chi connectivity index (χ2n) is 4.98. The molecular formula is C13H20N2O. The molecule has 3 N–H and O–H groups in total. The molecule has 0 bridgehead atoms. The topological polar surface area (TPSA) is 47.3 Å². The van der Waals surface area contributed by atoms with Gasteiger partial charge in [-0.05, 0) is 29.9 Å². The Hall–Kier alpha value is -1.22. The highest BCUT2D eigenvalue weighted by Gasteiger charge is 2.36. The maximum Gasteiger partial charge on any atom is 0.120 e. The van der Waals surface area contributed by atoms with Gasteiger partial charge in [-0.3, -0.25) is 0 Å². The molecule has 0 radical (unpaired) electrons. The smallest absolute Gasteiger partial charge is 0.120 e. The van der Waals surface area contributed by atoms with Crippen LogP contribution < -0.4 is 15.8 Å². The number of benzene rings is 1. The summed E-state index contributed by atoms with van der Waals surface area (Å²) >= 11 is 0. The van der Waals surface area contributed by atoms with Gasteiger partial charge in [0.25, 0.3) is 0 Å². The zero-order valence-electron chi connectivity index (χ0n) is 10.0. The molecule has 0 saturated heterocycles. The first-order valence-corrected chi connectivity index (χ1v) is 5.76. The molecule has 1 aromatic rings. The Morgan fingerprint density at radius 3 is 2.75 bits per heavy atom. The third-order valence-electron chi connectivity index (χ3n) is 3.32. The lowest BCUT2D eigenvalue weighted by Gasteiger charge is -2.12. The lowest BCUT2D eigenvalue weighted by molar-refractivity contribution is 0.415. The number of anilines is 1. The highest BCUT2D eigenvalue weighted by molar-refractivity contribution is 5.51. The predicted octanol–water partition coefficient (Wildman–Crippen LogP) is 2.17. The number of nitrogens with one attached hydrogen (secondary N) is 1. The Labute approximate surface area is 97.0 Å². The fourth-order valence-corrected chi connectivity index (χ4v) is 1.75.